The minimum Gasteiger partial charge on any atom is -0.307 e. The number of benzene rings is 3. The molecule has 1 aliphatic rings. The Kier molecular flexibility index (Phi) is 3.68. The smallest absolute Gasteiger partial charge is 0.224 e. The van der Waals surface area contributed by atoms with Gasteiger partial charge in [-0.15, -0.1) is 0 Å². The molecule has 7 rings (SSSR count). The van der Waals surface area contributed by atoms with Gasteiger partial charge in [-0.05, 0) is 54.0 Å². The lowest BCUT2D eigenvalue weighted by Crippen LogP contribution is -2.29. The van der Waals surface area contributed by atoms with E-state index < -0.39 is 0 Å². The van der Waals surface area contributed by atoms with Gasteiger partial charge in [-0.3, -0.25) is 0 Å². The van der Waals surface area contributed by atoms with Crippen molar-refractivity contribution in [3.63, 3.8) is 0 Å². The molecule has 3 aromatic carbocycles. The minimum atomic E-state index is -0.144. The van der Waals surface area contributed by atoms with Gasteiger partial charge in [0.05, 0.1) is 27.3 Å². The van der Waals surface area contributed by atoms with Gasteiger partial charge >= 0.3 is 0 Å². The van der Waals surface area contributed by atoms with Gasteiger partial charge in [-0.2, -0.15) is 0 Å². The van der Waals surface area contributed by atoms with Crippen molar-refractivity contribution >= 4 is 49.0 Å². The fraction of sp³-hybridized carbons (Fsp3) is 0.276. The molecular weight excluding hydrogens is 395 g/mol. The second kappa shape index (κ2) is 6.41. The van der Waals surface area contributed by atoms with Crippen LogP contribution in [0.5, 0.6) is 0 Å². The van der Waals surface area contributed by atoms with Crippen LogP contribution >= 0.6 is 0 Å². The molecule has 32 heavy (non-hydrogen) atoms. The third kappa shape index (κ3) is 2.31. The van der Waals surface area contributed by atoms with E-state index >= 15 is 4.39 Å². The van der Waals surface area contributed by atoms with E-state index in [2.05, 4.69) is 65.5 Å². The third-order valence-corrected chi connectivity index (χ3v) is 7.86. The van der Waals surface area contributed by atoms with Crippen LogP contribution in [-0.2, 0) is 13.5 Å². The predicted molar refractivity (Wildman–Crippen MR) is 130 cm³/mol. The molecule has 1 saturated carbocycles. The Morgan fingerprint density at radius 1 is 0.969 bits per heavy atom. The van der Waals surface area contributed by atoms with Gasteiger partial charge in [0.2, 0.25) is 5.52 Å². The standard InChI is InChI=1S/C29H26FN2/c1-17-10-11-21-27-22(30)8-5-9-23(27)32-24-16-19(14-18-6-3-4-7-18)15-20-12-13-31(2)29(26(20)24)25(17)28(21)32/h5,8-13,15-16,18H,3-4,6-7,14H2,1-2H3/q+1. The summed E-state index contributed by atoms with van der Waals surface area (Å²) in [4.78, 5) is 0. The molecule has 158 valence electrons. The van der Waals surface area contributed by atoms with Crippen molar-refractivity contribution in [3.8, 4) is 0 Å². The first-order chi connectivity index (χ1) is 15.6. The summed E-state index contributed by atoms with van der Waals surface area (Å²) in [6.45, 7) is 2.17. The summed E-state index contributed by atoms with van der Waals surface area (Å²) < 4.78 is 19.7. The molecule has 1 fully saturated rings. The van der Waals surface area contributed by atoms with Crippen molar-refractivity contribution < 1.29 is 8.96 Å². The van der Waals surface area contributed by atoms with Crippen LogP contribution in [0.3, 0.4) is 0 Å². The molecule has 3 heterocycles. The first kappa shape index (κ1) is 18.4. The molecule has 1 aliphatic carbocycles. The zero-order valence-electron chi connectivity index (χ0n) is 18.6. The average molecular weight is 422 g/mol. The molecule has 3 heteroatoms. The lowest BCUT2D eigenvalue weighted by atomic mass is 9.94. The zero-order chi connectivity index (χ0) is 21.6. The number of hydrogen-bond acceptors (Lipinski definition) is 0. The monoisotopic (exact) mass is 421 g/mol. The summed E-state index contributed by atoms with van der Waals surface area (Å²) in [6.07, 6.45) is 8.72. The lowest BCUT2D eigenvalue weighted by molar-refractivity contribution is -0.643. The second-order valence-corrected chi connectivity index (χ2v) is 9.83. The Balaban J connectivity index is 1.75. The van der Waals surface area contributed by atoms with Gasteiger partial charge in [-0.1, -0.05) is 49.9 Å². The molecular formula is C29H26FN2+. The summed E-state index contributed by atoms with van der Waals surface area (Å²) in [5.41, 5.74) is 7.17. The van der Waals surface area contributed by atoms with Crippen molar-refractivity contribution in [2.75, 3.05) is 0 Å². The minimum absolute atomic E-state index is 0.144. The van der Waals surface area contributed by atoms with E-state index in [1.165, 1.54) is 64.0 Å². The topological polar surface area (TPSA) is 8.29 Å². The highest BCUT2D eigenvalue weighted by molar-refractivity contribution is 6.25. The third-order valence-electron chi connectivity index (χ3n) is 7.86. The number of nitrogens with zero attached hydrogens (tertiary/aromatic N) is 2. The highest BCUT2D eigenvalue weighted by Crippen LogP contribution is 2.42. The first-order valence-corrected chi connectivity index (χ1v) is 11.8. The number of rotatable bonds is 2. The van der Waals surface area contributed by atoms with E-state index in [-0.39, 0.29) is 5.82 Å². The van der Waals surface area contributed by atoms with E-state index in [0.717, 1.165) is 34.1 Å². The van der Waals surface area contributed by atoms with E-state index in [9.17, 15) is 0 Å². The Morgan fingerprint density at radius 2 is 1.81 bits per heavy atom. The second-order valence-electron chi connectivity index (χ2n) is 9.83. The van der Waals surface area contributed by atoms with Crippen molar-refractivity contribution in [1.82, 2.24) is 4.40 Å². The Bertz CT molecular complexity index is 1690. The molecule has 0 N–H and O–H groups in total. The maximum absolute atomic E-state index is 15.1. The summed E-state index contributed by atoms with van der Waals surface area (Å²) in [7, 11) is 2.13. The van der Waals surface area contributed by atoms with Crippen LogP contribution in [0.25, 0.3) is 49.0 Å². The van der Waals surface area contributed by atoms with Crippen LogP contribution in [0.2, 0.25) is 0 Å². The van der Waals surface area contributed by atoms with Crippen LogP contribution in [0, 0.1) is 18.7 Å². The molecule has 0 bridgehead atoms. The molecule has 0 saturated heterocycles. The maximum atomic E-state index is 15.1. The van der Waals surface area contributed by atoms with E-state index in [0.29, 0.717) is 0 Å². The molecule has 2 nitrogen and oxygen atoms in total. The van der Waals surface area contributed by atoms with Crippen LogP contribution in [-0.4, -0.2) is 4.40 Å². The molecule has 0 radical (unpaired) electrons. The van der Waals surface area contributed by atoms with Crippen LogP contribution in [0.1, 0.15) is 36.8 Å². The molecule has 0 amide bonds. The highest BCUT2D eigenvalue weighted by atomic mass is 19.1. The normalized spacial score (nSPS) is 15.5. The van der Waals surface area contributed by atoms with Crippen molar-refractivity contribution in [2.45, 2.75) is 39.0 Å². The summed E-state index contributed by atoms with van der Waals surface area (Å²) in [6, 6.07) is 16.8. The molecule has 6 aromatic rings. The largest absolute Gasteiger partial charge is 0.307 e. The van der Waals surface area contributed by atoms with Gasteiger partial charge in [0, 0.05) is 16.8 Å². The average Bonchev–Trinajstić information content (AvgIpc) is 3.41. The van der Waals surface area contributed by atoms with E-state index in [4.69, 9.17) is 0 Å². The summed E-state index contributed by atoms with van der Waals surface area (Å²) in [5, 5.41) is 5.51. The van der Waals surface area contributed by atoms with E-state index in [1.54, 1.807) is 6.07 Å². The quantitative estimate of drug-likeness (QED) is 0.162. The number of aryl methyl sites for hydroxylation is 2. The highest BCUT2D eigenvalue weighted by Gasteiger charge is 2.25. The van der Waals surface area contributed by atoms with Crippen molar-refractivity contribution in [2.24, 2.45) is 13.0 Å². The fourth-order valence-corrected chi connectivity index (χ4v) is 6.45. The number of fused-ring (bicyclic) bond motifs is 5. The number of hydrogen-bond donors (Lipinski definition) is 0. The summed E-state index contributed by atoms with van der Waals surface area (Å²) in [5.74, 6) is 0.644. The Hall–Kier alpha value is -3.20. The van der Waals surface area contributed by atoms with E-state index in [1.807, 2.05) is 6.07 Å². The van der Waals surface area contributed by atoms with Crippen molar-refractivity contribution in [3.05, 3.63) is 71.7 Å². The van der Waals surface area contributed by atoms with Gasteiger partial charge in [0.15, 0.2) is 6.20 Å². The van der Waals surface area contributed by atoms with Gasteiger partial charge in [0.25, 0.3) is 0 Å². The maximum Gasteiger partial charge on any atom is 0.224 e. The molecule has 0 unspecified atom stereocenters. The van der Waals surface area contributed by atoms with Crippen LogP contribution < -0.4 is 4.57 Å². The number of aromatic nitrogens is 2. The van der Waals surface area contributed by atoms with Crippen LogP contribution in [0.15, 0.2) is 54.7 Å². The zero-order valence-corrected chi connectivity index (χ0v) is 18.6. The molecule has 0 spiro atoms. The lowest BCUT2D eigenvalue weighted by Gasteiger charge is -2.15. The predicted octanol–water partition coefficient (Wildman–Crippen LogP) is 6.99. The number of halogens is 1. The van der Waals surface area contributed by atoms with Crippen LogP contribution in [0.4, 0.5) is 4.39 Å². The van der Waals surface area contributed by atoms with Gasteiger partial charge in [-0.25, -0.2) is 8.96 Å². The Labute approximate surface area is 186 Å². The first-order valence-electron chi connectivity index (χ1n) is 11.8. The Morgan fingerprint density at radius 3 is 2.66 bits per heavy atom. The number of pyridine rings is 2. The van der Waals surface area contributed by atoms with Crippen molar-refractivity contribution in [1.29, 1.82) is 0 Å². The fourth-order valence-electron chi connectivity index (χ4n) is 6.45. The summed E-state index contributed by atoms with van der Waals surface area (Å²) >= 11 is 0. The van der Waals surface area contributed by atoms with Gasteiger partial charge < -0.3 is 4.40 Å². The molecule has 3 aromatic heterocycles. The molecule has 0 aliphatic heterocycles. The van der Waals surface area contributed by atoms with Gasteiger partial charge in [0.1, 0.15) is 12.9 Å². The molecule has 0 atom stereocenters. The SMILES string of the molecule is Cc1ccc2c3c(F)cccc3n3c4cc(CC5CCCC5)cc5cc[n+](C)c(c1c23)c54.